The van der Waals surface area contributed by atoms with Gasteiger partial charge < -0.3 is 9.74 Å². The molecule has 6 heteroatoms. The molecular formula is C21H18F2N2O2. The van der Waals surface area contributed by atoms with Gasteiger partial charge in [0.15, 0.2) is 0 Å². The van der Waals surface area contributed by atoms with Crippen molar-refractivity contribution in [3.8, 4) is 0 Å². The van der Waals surface area contributed by atoms with Crippen molar-refractivity contribution in [3.63, 3.8) is 0 Å². The average molecular weight is 368 g/mol. The van der Waals surface area contributed by atoms with Crippen LogP contribution >= 0.6 is 0 Å². The Balaban J connectivity index is 1.38. The fourth-order valence-corrected chi connectivity index (χ4v) is 3.35. The van der Waals surface area contributed by atoms with Gasteiger partial charge in [0.25, 0.3) is 5.91 Å². The van der Waals surface area contributed by atoms with Crippen LogP contribution in [-0.2, 0) is 9.63 Å². The van der Waals surface area contributed by atoms with Crippen LogP contribution in [-0.4, -0.2) is 35.7 Å². The van der Waals surface area contributed by atoms with E-state index < -0.39 is 6.10 Å². The third kappa shape index (κ3) is 3.74. The number of halogens is 2. The third-order valence-corrected chi connectivity index (χ3v) is 4.84. The number of oxime groups is 1. The first-order valence-corrected chi connectivity index (χ1v) is 8.82. The molecule has 2 aromatic carbocycles. The molecule has 0 fully saturated rings. The summed E-state index contributed by atoms with van der Waals surface area (Å²) in [4.78, 5) is 19.7. The summed E-state index contributed by atoms with van der Waals surface area (Å²) >= 11 is 0. The number of amides is 1. The van der Waals surface area contributed by atoms with Gasteiger partial charge in [0.1, 0.15) is 11.6 Å². The van der Waals surface area contributed by atoms with Gasteiger partial charge in [-0.15, -0.1) is 0 Å². The van der Waals surface area contributed by atoms with Crippen molar-refractivity contribution in [2.75, 3.05) is 13.1 Å². The summed E-state index contributed by atoms with van der Waals surface area (Å²) in [6.45, 7) is 1.04. The molecule has 0 saturated carbocycles. The maximum absolute atomic E-state index is 13.4. The maximum atomic E-state index is 13.4. The zero-order valence-corrected chi connectivity index (χ0v) is 14.6. The summed E-state index contributed by atoms with van der Waals surface area (Å²) in [5.41, 5.74) is 3.27. The monoisotopic (exact) mass is 368 g/mol. The van der Waals surface area contributed by atoms with E-state index >= 15 is 0 Å². The van der Waals surface area contributed by atoms with Gasteiger partial charge in [-0.3, -0.25) is 4.79 Å². The molecule has 1 unspecified atom stereocenters. The summed E-state index contributed by atoms with van der Waals surface area (Å²) in [5, 5.41) is 3.97. The van der Waals surface area contributed by atoms with Crippen LogP contribution in [0.25, 0.3) is 5.57 Å². The topological polar surface area (TPSA) is 41.9 Å². The molecule has 0 N–H and O–H groups in total. The van der Waals surface area contributed by atoms with Crippen molar-refractivity contribution in [3.05, 3.63) is 77.4 Å². The van der Waals surface area contributed by atoms with Crippen molar-refractivity contribution in [1.29, 1.82) is 0 Å². The van der Waals surface area contributed by atoms with E-state index in [1.807, 2.05) is 6.08 Å². The van der Waals surface area contributed by atoms with Gasteiger partial charge in [-0.1, -0.05) is 35.5 Å². The zero-order chi connectivity index (χ0) is 18.8. The number of hydrogen-bond donors (Lipinski definition) is 0. The maximum Gasteiger partial charge on any atom is 0.267 e. The largest absolute Gasteiger partial charge is 0.382 e. The van der Waals surface area contributed by atoms with Crippen molar-refractivity contribution in [2.45, 2.75) is 18.9 Å². The lowest BCUT2D eigenvalue weighted by atomic mass is 9.98. The predicted molar refractivity (Wildman–Crippen MR) is 98.0 cm³/mol. The Morgan fingerprint density at radius 1 is 1.07 bits per heavy atom. The van der Waals surface area contributed by atoms with Gasteiger partial charge in [0, 0.05) is 25.1 Å². The highest BCUT2D eigenvalue weighted by Gasteiger charge is 2.33. The Labute approximate surface area is 155 Å². The second-order valence-corrected chi connectivity index (χ2v) is 6.62. The average Bonchev–Trinajstić information content (AvgIpc) is 3.18. The van der Waals surface area contributed by atoms with Gasteiger partial charge in [0.2, 0.25) is 6.10 Å². The molecule has 2 aromatic rings. The molecule has 2 aliphatic heterocycles. The molecule has 27 heavy (non-hydrogen) atoms. The number of carbonyl (C=O) groups is 1. The molecule has 0 spiro atoms. The van der Waals surface area contributed by atoms with Gasteiger partial charge in [-0.05, 0) is 41.8 Å². The lowest BCUT2D eigenvalue weighted by Crippen LogP contribution is -2.41. The van der Waals surface area contributed by atoms with Crippen molar-refractivity contribution < 1.29 is 18.4 Å². The highest BCUT2D eigenvalue weighted by atomic mass is 19.1. The van der Waals surface area contributed by atoms with Crippen molar-refractivity contribution in [1.82, 2.24) is 4.90 Å². The van der Waals surface area contributed by atoms with E-state index in [-0.39, 0.29) is 17.5 Å². The van der Waals surface area contributed by atoms with Crippen LogP contribution in [0.2, 0.25) is 0 Å². The van der Waals surface area contributed by atoms with E-state index in [0.29, 0.717) is 37.2 Å². The zero-order valence-electron chi connectivity index (χ0n) is 14.6. The van der Waals surface area contributed by atoms with Crippen LogP contribution in [0.15, 0.2) is 59.8 Å². The van der Waals surface area contributed by atoms with Gasteiger partial charge in [-0.25, -0.2) is 8.78 Å². The highest BCUT2D eigenvalue weighted by molar-refractivity contribution is 6.04. The van der Waals surface area contributed by atoms with Gasteiger partial charge >= 0.3 is 0 Å². The highest BCUT2D eigenvalue weighted by Crippen LogP contribution is 2.25. The lowest BCUT2D eigenvalue weighted by Gasteiger charge is -2.28. The Morgan fingerprint density at radius 2 is 1.89 bits per heavy atom. The fourth-order valence-electron chi connectivity index (χ4n) is 3.35. The fraction of sp³-hybridized carbons (Fsp3) is 0.238. The molecule has 1 atom stereocenters. The molecule has 0 saturated heterocycles. The smallest absolute Gasteiger partial charge is 0.267 e. The minimum atomic E-state index is -0.677. The number of nitrogens with zero attached hydrogens (tertiary/aromatic N) is 2. The van der Waals surface area contributed by atoms with Crippen LogP contribution in [0, 0.1) is 11.6 Å². The summed E-state index contributed by atoms with van der Waals surface area (Å²) in [5.74, 6) is -0.738. The number of rotatable bonds is 3. The molecule has 1 amide bonds. The molecule has 0 radical (unpaired) electrons. The molecule has 0 aromatic heterocycles. The molecule has 138 valence electrons. The minimum absolute atomic E-state index is 0.125. The molecule has 2 aliphatic rings. The number of hydrogen-bond acceptors (Lipinski definition) is 3. The Bertz CT molecular complexity index is 922. The van der Waals surface area contributed by atoms with E-state index in [4.69, 9.17) is 4.84 Å². The number of benzene rings is 2. The normalized spacial score (nSPS) is 19.3. The molecular weight excluding hydrogens is 350 g/mol. The summed E-state index contributed by atoms with van der Waals surface area (Å²) in [6.07, 6.45) is 2.33. The second-order valence-electron chi connectivity index (χ2n) is 6.62. The van der Waals surface area contributed by atoms with E-state index in [0.717, 1.165) is 11.1 Å². The van der Waals surface area contributed by atoms with Crippen LogP contribution in [0.3, 0.4) is 0 Å². The quantitative estimate of drug-likeness (QED) is 0.828. The minimum Gasteiger partial charge on any atom is -0.382 e. The number of carbonyl (C=O) groups excluding carboxylic acids is 1. The Hall–Kier alpha value is -3.02. The lowest BCUT2D eigenvalue weighted by molar-refractivity contribution is -0.141. The SMILES string of the molecule is O=C(C1CC(c2cccc(F)c2)=NO1)N1CC=C(c2ccc(F)cc2)CC1. The van der Waals surface area contributed by atoms with Gasteiger partial charge in [-0.2, -0.15) is 0 Å². The standard InChI is InChI=1S/C21H18F2N2O2/c22-17-6-4-14(5-7-17)15-8-10-25(11-9-15)21(26)20-13-19(24-27-20)16-2-1-3-18(23)12-16/h1-8,12,20H,9-11,13H2. The van der Waals surface area contributed by atoms with Crippen LogP contribution in [0.5, 0.6) is 0 Å². The second kappa shape index (κ2) is 7.31. The predicted octanol–water partition coefficient (Wildman–Crippen LogP) is 3.77. The van der Waals surface area contributed by atoms with Crippen LogP contribution in [0.1, 0.15) is 24.0 Å². The molecule has 2 heterocycles. The van der Waals surface area contributed by atoms with Crippen molar-refractivity contribution in [2.24, 2.45) is 5.16 Å². The van der Waals surface area contributed by atoms with Crippen LogP contribution in [0.4, 0.5) is 8.78 Å². The molecule has 4 nitrogen and oxygen atoms in total. The third-order valence-electron chi connectivity index (χ3n) is 4.84. The first-order valence-electron chi connectivity index (χ1n) is 8.82. The summed E-state index contributed by atoms with van der Waals surface area (Å²) < 4.78 is 26.4. The van der Waals surface area contributed by atoms with E-state index in [2.05, 4.69) is 5.16 Å². The molecule has 4 rings (SSSR count). The Morgan fingerprint density at radius 3 is 2.59 bits per heavy atom. The Kier molecular flexibility index (Phi) is 4.71. The first kappa shape index (κ1) is 17.4. The first-order chi connectivity index (χ1) is 13.1. The van der Waals surface area contributed by atoms with E-state index in [1.54, 1.807) is 29.2 Å². The van der Waals surface area contributed by atoms with Crippen LogP contribution < -0.4 is 0 Å². The van der Waals surface area contributed by atoms with Gasteiger partial charge in [0.05, 0.1) is 5.71 Å². The molecule has 0 aliphatic carbocycles. The summed E-state index contributed by atoms with van der Waals surface area (Å²) in [7, 11) is 0. The van der Waals surface area contributed by atoms with Crippen molar-refractivity contribution >= 4 is 17.2 Å². The van der Waals surface area contributed by atoms with E-state index in [9.17, 15) is 13.6 Å². The molecule has 0 bridgehead atoms. The van der Waals surface area contributed by atoms with E-state index in [1.165, 1.54) is 24.3 Å². The summed E-state index contributed by atoms with van der Waals surface area (Å²) in [6, 6.07) is 12.5.